The van der Waals surface area contributed by atoms with Gasteiger partial charge in [-0.25, -0.2) is 0 Å². The summed E-state index contributed by atoms with van der Waals surface area (Å²) in [6.07, 6.45) is 8.55. The Hall–Kier alpha value is -2.83. The highest BCUT2D eigenvalue weighted by Crippen LogP contribution is 2.66. The number of hydrogen-bond donors (Lipinski definition) is 5. The second-order valence-corrected chi connectivity index (χ2v) is 17.2. The average molecular weight is 697 g/mol. The topological polar surface area (TPSA) is 94.4 Å². The van der Waals surface area contributed by atoms with Crippen LogP contribution in [0.15, 0.2) is 61.4 Å². The van der Waals surface area contributed by atoms with Crippen LogP contribution in [0.3, 0.4) is 0 Å². The summed E-state index contributed by atoms with van der Waals surface area (Å²) in [6, 6.07) is -0.237. The molecule has 1 amide bonds. The van der Waals surface area contributed by atoms with E-state index in [-0.39, 0.29) is 46.3 Å². The van der Waals surface area contributed by atoms with Crippen LogP contribution in [0.5, 0.6) is 0 Å². The molecule has 1 aliphatic heterocycles. The van der Waals surface area contributed by atoms with Crippen LogP contribution < -0.4 is 27.0 Å². The molecule has 0 aromatic rings. The summed E-state index contributed by atoms with van der Waals surface area (Å²) in [5.41, 5.74) is 9.46. The lowest BCUT2D eigenvalue weighted by Gasteiger charge is -2.45. The lowest BCUT2D eigenvalue weighted by Crippen LogP contribution is -2.59. The lowest BCUT2D eigenvalue weighted by atomic mass is 9.70. The molecule has 288 valence electrons. The Kier molecular flexibility index (Phi) is 17.3. The van der Waals surface area contributed by atoms with E-state index < -0.39 is 0 Å². The minimum atomic E-state index is -0.351. The van der Waals surface area contributed by atoms with E-state index in [0.29, 0.717) is 23.5 Å². The number of likely N-dealkylation sites (tertiary alicyclic amines) is 1. The van der Waals surface area contributed by atoms with Crippen molar-refractivity contribution in [2.24, 2.45) is 39.7 Å². The monoisotopic (exact) mass is 697 g/mol. The predicted octanol–water partition coefficient (Wildman–Crippen LogP) is 8.99. The quantitative estimate of drug-likeness (QED) is 0.104. The number of rotatable bonds is 16. The fraction of sp³-hybridized carbons (Fsp3) is 0.744. The lowest BCUT2D eigenvalue weighted by molar-refractivity contribution is -0.138. The highest BCUT2D eigenvalue weighted by molar-refractivity contribution is 5.84. The summed E-state index contributed by atoms with van der Waals surface area (Å²) in [6.45, 7) is 47.8. The number of carbonyl (C=O) groups excluding carboxylic acids is 1. The van der Waals surface area contributed by atoms with E-state index in [1.807, 2.05) is 27.8 Å². The zero-order chi connectivity index (χ0) is 38.8. The molecule has 7 nitrogen and oxygen atoms in total. The summed E-state index contributed by atoms with van der Waals surface area (Å²) in [5.74, 6) is 2.25. The van der Waals surface area contributed by atoms with Crippen LogP contribution in [0.4, 0.5) is 0 Å². The van der Waals surface area contributed by atoms with Crippen LogP contribution in [0.2, 0.25) is 0 Å². The molecule has 3 rings (SSSR count). The van der Waals surface area contributed by atoms with Crippen molar-refractivity contribution >= 4 is 5.91 Å². The van der Waals surface area contributed by atoms with Gasteiger partial charge in [-0.15, -0.1) is 0 Å². The molecule has 3 aliphatic rings. The number of nitrogens with one attached hydrogen (secondary N) is 4. The highest BCUT2D eigenvalue weighted by atomic mass is 16.2. The molecule has 0 bridgehead atoms. The molecule has 2 saturated carbocycles. The van der Waals surface area contributed by atoms with Crippen molar-refractivity contribution in [3.05, 3.63) is 61.4 Å². The van der Waals surface area contributed by atoms with Crippen LogP contribution in [0, 0.1) is 34.0 Å². The maximum atomic E-state index is 14.9. The SMILES string of the molecule is C=C(C)NC.C=C(NC(CC)C(C)(C)C)NC(C(=O)N1C[C@H]2[C@@H](C1C(=C)NC(CC(C)CC)C(=C)C(=C)N)C2(C)C)C1(C)CCCCC1.CC. The summed E-state index contributed by atoms with van der Waals surface area (Å²) in [7, 11) is 1.85. The molecule has 0 radical (unpaired) electrons. The Labute approximate surface area is 309 Å². The number of hydrogen-bond acceptors (Lipinski definition) is 6. The molecule has 1 saturated heterocycles. The van der Waals surface area contributed by atoms with Gasteiger partial charge in [0.05, 0.1) is 17.9 Å². The molecule has 6 N–H and O–H groups in total. The Morgan fingerprint density at radius 2 is 1.48 bits per heavy atom. The first-order valence-electron chi connectivity index (χ1n) is 19.6. The molecule has 7 heteroatoms. The van der Waals surface area contributed by atoms with Crippen LogP contribution in [0.25, 0.3) is 0 Å². The van der Waals surface area contributed by atoms with Gasteiger partial charge in [-0.3, -0.25) is 4.79 Å². The zero-order valence-corrected chi connectivity index (χ0v) is 34.9. The molecular weight excluding hydrogens is 617 g/mol. The van der Waals surface area contributed by atoms with Gasteiger partial charge in [-0.2, -0.15) is 0 Å². The van der Waals surface area contributed by atoms with Gasteiger partial charge < -0.3 is 31.9 Å². The van der Waals surface area contributed by atoms with E-state index in [2.05, 4.69) is 121 Å². The van der Waals surface area contributed by atoms with Crippen molar-refractivity contribution in [3.63, 3.8) is 0 Å². The molecule has 0 aromatic carbocycles. The molecule has 1 heterocycles. The first-order valence-corrected chi connectivity index (χ1v) is 19.6. The normalized spacial score (nSPS) is 23.8. The maximum absolute atomic E-state index is 14.9. The minimum Gasteiger partial charge on any atom is -0.399 e. The van der Waals surface area contributed by atoms with Gasteiger partial charge in [0.2, 0.25) is 5.91 Å². The number of carbonyl (C=O) groups is 1. The van der Waals surface area contributed by atoms with Crippen molar-refractivity contribution in [2.45, 2.75) is 159 Å². The van der Waals surface area contributed by atoms with E-state index in [9.17, 15) is 4.79 Å². The molecule has 0 spiro atoms. The van der Waals surface area contributed by atoms with Gasteiger partial charge in [-0.05, 0) is 77.9 Å². The number of allylic oxidation sites excluding steroid dienone is 1. The van der Waals surface area contributed by atoms with Gasteiger partial charge in [0.25, 0.3) is 0 Å². The summed E-state index contributed by atoms with van der Waals surface area (Å²) >= 11 is 0. The van der Waals surface area contributed by atoms with Crippen LogP contribution in [-0.4, -0.2) is 48.6 Å². The van der Waals surface area contributed by atoms with Crippen LogP contribution >= 0.6 is 0 Å². The average Bonchev–Trinajstić information content (AvgIpc) is 3.36. The first kappa shape index (κ1) is 45.2. The van der Waals surface area contributed by atoms with Gasteiger partial charge in [0.1, 0.15) is 6.04 Å². The van der Waals surface area contributed by atoms with Gasteiger partial charge in [0, 0.05) is 31.0 Å². The molecule has 0 aromatic heterocycles. The predicted molar refractivity (Wildman–Crippen MR) is 218 cm³/mol. The first-order chi connectivity index (χ1) is 23.2. The number of piperidine rings is 1. The molecule has 7 atom stereocenters. The Morgan fingerprint density at radius 1 is 0.940 bits per heavy atom. The van der Waals surface area contributed by atoms with Crippen molar-refractivity contribution in [2.75, 3.05) is 13.6 Å². The third-order valence-electron chi connectivity index (χ3n) is 11.9. The third kappa shape index (κ3) is 11.6. The van der Waals surface area contributed by atoms with Crippen LogP contribution in [0.1, 0.15) is 134 Å². The minimum absolute atomic E-state index is 0.0602. The van der Waals surface area contributed by atoms with E-state index in [1.54, 1.807) is 0 Å². The van der Waals surface area contributed by atoms with Crippen molar-refractivity contribution in [3.8, 4) is 0 Å². The second-order valence-electron chi connectivity index (χ2n) is 17.2. The van der Waals surface area contributed by atoms with Crippen molar-refractivity contribution in [1.29, 1.82) is 0 Å². The molecular formula is C43H80N6O. The largest absolute Gasteiger partial charge is 0.399 e. The smallest absolute Gasteiger partial charge is 0.246 e. The Morgan fingerprint density at radius 3 is 1.92 bits per heavy atom. The zero-order valence-electron chi connectivity index (χ0n) is 34.9. The Balaban J connectivity index is 0.00000163. The number of amides is 1. The maximum Gasteiger partial charge on any atom is 0.246 e. The van der Waals surface area contributed by atoms with Crippen molar-refractivity contribution < 1.29 is 4.79 Å². The Bertz CT molecular complexity index is 1170. The van der Waals surface area contributed by atoms with E-state index in [4.69, 9.17) is 5.73 Å². The summed E-state index contributed by atoms with van der Waals surface area (Å²) < 4.78 is 0. The van der Waals surface area contributed by atoms with Gasteiger partial charge in [0.15, 0.2) is 0 Å². The van der Waals surface area contributed by atoms with E-state index in [0.717, 1.165) is 74.3 Å². The summed E-state index contributed by atoms with van der Waals surface area (Å²) in [5, 5.41) is 13.9. The fourth-order valence-corrected chi connectivity index (χ4v) is 8.01. The molecule has 5 unspecified atom stereocenters. The molecule has 2 aliphatic carbocycles. The summed E-state index contributed by atoms with van der Waals surface area (Å²) in [4.78, 5) is 17.0. The van der Waals surface area contributed by atoms with Gasteiger partial charge in [-0.1, -0.05) is 135 Å². The van der Waals surface area contributed by atoms with Gasteiger partial charge >= 0.3 is 0 Å². The fourth-order valence-electron chi connectivity index (χ4n) is 8.01. The second kappa shape index (κ2) is 19.1. The number of nitrogens with two attached hydrogens (primary N) is 1. The van der Waals surface area contributed by atoms with E-state index >= 15 is 0 Å². The number of nitrogens with zero attached hydrogens (tertiary/aromatic N) is 1. The standard InChI is InChI=1S/C37H65N5O.C4H9N.C2H6/c1-14-23(3)21-29(24(4)25(5)38)39-26(6)32-31-28(36(31,11)12)22-42(32)34(43)33(37(13)19-17-16-18-20-37)41-27(7)40-30(15-2)35(8,9)10;1-4(2)5-3;1-2/h23,28-33,39-41H,4-7,14-22,38H2,1-3,8-13H3;5H,1H2,2-3H3;1-2H3/t23?,28-,29?,30?,31-,32?,33?;;/m0../s1. The van der Waals surface area contributed by atoms with E-state index in [1.165, 1.54) is 6.42 Å². The number of fused-ring (bicyclic) bond motifs is 1. The molecule has 3 fully saturated rings. The highest BCUT2D eigenvalue weighted by Gasteiger charge is 2.68. The van der Waals surface area contributed by atoms with Crippen molar-refractivity contribution in [1.82, 2.24) is 26.2 Å². The molecule has 50 heavy (non-hydrogen) atoms. The van der Waals surface area contributed by atoms with Crippen LogP contribution in [-0.2, 0) is 4.79 Å². The third-order valence-corrected chi connectivity index (χ3v) is 11.9.